The minimum absolute atomic E-state index is 1.07. The number of pyridine rings is 1. The van der Waals surface area contributed by atoms with Gasteiger partial charge >= 0.3 is 0 Å². The van der Waals surface area contributed by atoms with E-state index in [0.717, 1.165) is 5.69 Å². The summed E-state index contributed by atoms with van der Waals surface area (Å²) < 4.78 is 0. The van der Waals surface area contributed by atoms with Gasteiger partial charge in [-0.25, -0.2) is 0 Å². The molecule has 0 atom stereocenters. The normalized spacial score (nSPS) is 12.5. The molecule has 0 N–H and O–H groups in total. The van der Waals surface area contributed by atoms with Gasteiger partial charge in [0.15, 0.2) is 0 Å². The maximum absolute atomic E-state index is 4.69. The smallest absolute Gasteiger partial charge is 0.0756 e. The Morgan fingerprint density at radius 2 is 1.42 bits per heavy atom. The Morgan fingerprint density at radius 3 is 1.89 bits per heavy atom. The molecule has 0 fully saturated rings. The largest absolute Gasteiger partial charge is 0.256 e. The van der Waals surface area contributed by atoms with Gasteiger partial charge in [-0.15, -0.1) is 0 Å². The van der Waals surface area contributed by atoms with Gasteiger partial charge in [-0.05, 0) is 11.3 Å². The van der Waals surface area contributed by atoms with Crippen molar-refractivity contribution in [2.75, 3.05) is 0 Å². The van der Waals surface area contributed by atoms with Crippen LogP contribution in [0, 0.1) is 0 Å². The van der Waals surface area contributed by atoms with E-state index in [1.165, 1.54) is 10.8 Å². The second-order valence-corrected chi connectivity index (χ2v) is 23.3. The lowest BCUT2D eigenvalue weighted by atomic mass is 10.1. The van der Waals surface area contributed by atoms with Gasteiger partial charge in [0.05, 0.1) is 13.3 Å². The van der Waals surface area contributed by atoms with E-state index in [1.807, 2.05) is 6.07 Å². The van der Waals surface area contributed by atoms with Gasteiger partial charge < -0.3 is 0 Å². The van der Waals surface area contributed by atoms with Crippen LogP contribution in [-0.2, 0) is 0 Å². The molecule has 0 unspecified atom stereocenters. The predicted molar refractivity (Wildman–Crippen MR) is 90.1 cm³/mol. The lowest BCUT2D eigenvalue weighted by Gasteiger charge is -2.35. The van der Waals surface area contributed by atoms with Crippen molar-refractivity contribution in [3.8, 4) is 11.3 Å². The monoisotopic (exact) mass is 285 g/mol. The number of hydrogen-bond acceptors (Lipinski definition) is 1. The Kier molecular flexibility index (Phi) is 3.79. The molecule has 2 aromatic rings. The van der Waals surface area contributed by atoms with Crippen molar-refractivity contribution in [3.63, 3.8) is 0 Å². The topological polar surface area (TPSA) is 12.9 Å². The molecule has 2 rings (SSSR count). The van der Waals surface area contributed by atoms with Gasteiger partial charge in [-0.2, -0.15) is 0 Å². The number of aromatic nitrogens is 1. The summed E-state index contributed by atoms with van der Waals surface area (Å²) in [6.45, 7) is 12.4. The van der Waals surface area contributed by atoms with Crippen LogP contribution in [-0.4, -0.2) is 20.2 Å². The second kappa shape index (κ2) is 5.06. The zero-order valence-corrected chi connectivity index (χ0v) is 14.6. The first kappa shape index (κ1) is 14.2. The van der Waals surface area contributed by atoms with Crippen LogP contribution in [0.5, 0.6) is 0 Å². The van der Waals surface area contributed by atoms with Crippen molar-refractivity contribution >= 4 is 20.4 Å². The molecular weight excluding hydrogens is 262 g/mol. The Hall–Kier alpha value is -1.20. The van der Waals surface area contributed by atoms with Crippen LogP contribution in [0.4, 0.5) is 0 Å². The third-order valence-corrected chi connectivity index (χ3v) is 22.0. The van der Waals surface area contributed by atoms with Crippen LogP contribution in [0.1, 0.15) is 0 Å². The minimum Gasteiger partial charge on any atom is -0.256 e. The Morgan fingerprint density at radius 1 is 0.789 bits per heavy atom. The van der Waals surface area contributed by atoms with E-state index < -0.39 is 15.2 Å². The molecule has 1 nitrogen and oxygen atoms in total. The van der Waals surface area contributed by atoms with Gasteiger partial charge in [0.25, 0.3) is 0 Å². The van der Waals surface area contributed by atoms with E-state index in [-0.39, 0.29) is 0 Å². The van der Waals surface area contributed by atoms with Crippen molar-refractivity contribution in [2.45, 2.75) is 32.7 Å². The van der Waals surface area contributed by atoms with E-state index >= 15 is 0 Å². The molecule has 3 heteroatoms. The van der Waals surface area contributed by atoms with E-state index in [1.54, 1.807) is 0 Å². The molecule has 0 amide bonds. The zero-order valence-electron chi connectivity index (χ0n) is 12.6. The minimum atomic E-state index is -1.33. The molecule has 0 aliphatic carbocycles. The molecule has 0 saturated heterocycles. The maximum atomic E-state index is 4.69. The fourth-order valence-corrected chi connectivity index (χ4v) is 6.77. The molecule has 1 aromatic carbocycles. The fourth-order valence-electron chi connectivity index (χ4n) is 1.98. The second-order valence-electron chi connectivity index (χ2n) is 6.67. The first-order valence-corrected chi connectivity index (χ1v) is 14.3. The summed E-state index contributed by atoms with van der Waals surface area (Å²) in [6.07, 6.45) is 2.12. The molecule has 0 saturated carbocycles. The van der Waals surface area contributed by atoms with Crippen LogP contribution in [0.2, 0.25) is 32.7 Å². The predicted octanol–water partition coefficient (Wildman–Crippen LogP) is 4.08. The van der Waals surface area contributed by atoms with Crippen molar-refractivity contribution in [1.29, 1.82) is 0 Å². The average Bonchev–Trinajstić information content (AvgIpc) is 2.39. The summed E-state index contributed by atoms with van der Waals surface area (Å²) >= 11 is 0. The van der Waals surface area contributed by atoms with E-state index in [2.05, 4.69) is 80.3 Å². The molecule has 0 bridgehead atoms. The van der Waals surface area contributed by atoms with E-state index in [9.17, 15) is 0 Å². The molecule has 100 valence electrons. The molecule has 0 radical (unpaired) electrons. The van der Waals surface area contributed by atoms with Crippen molar-refractivity contribution < 1.29 is 0 Å². The highest BCUT2D eigenvalue weighted by molar-refractivity contribution is 7.45. The van der Waals surface area contributed by atoms with Crippen molar-refractivity contribution in [1.82, 2.24) is 4.98 Å². The highest BCUT2D eigenvalue weighted by atomic mass is 29.3. The molecule has 0 spiro atoms. The summed E-state index contributed by atoms with van der Waals surface area (Å²) in [5.41, 5.74) is 2.27. The Bertz CT molecular complexity index is 539. The number of benzene rings is 1. The molecule has 19 heavy (non-hydrogen) atoms. The summed E-state index contributed by atoms with van der Waals surface area (Å²) in [4.78, 5) is 4.69. The standard InChI is InChI=1S/C16H23NSi2/c1-18(2,3)19(4,5)15-11-12-16(17-13-15)14-9-7-6-8-10-14/h6-13H,1-5H3. The number of hydrogen-bond donors (Lipinski definition) is 0. The molecule has 0 aliphatic heterocycles. The van der Waals surface area contributed by atoms with Crippen molar-refractivity contribution in [3.05, 3.63) is 48.7 Å². The Labute approximate surface area is 118 Å². The average molecular weight is 286 g/mol. The lowest BCUT2D eigenvalue weighted by molar-refractivity contribution is 1.34. The van der Waals surface area contributed by atoms with Gasteiger partial charge in [-0.1, -0.05) is 69.1 Å². The van der Waals surface area contributed by atoms with Crippen LogP contribution in [0.25, 0.3) is 11.3 Å². The first-order valence-electron chi connectivity index (χ1n) is 6.84. The summed E-state index contributed by atoms with van der Waals surface area (Å²) in [7, 11) is -2.45. The summed E-state index contributed by atoms with van der Waals surface area (Å²) in [5.74, 6) is 0. The zero-order chi connectivity index (χ0) is 14.1. The van der Waals surface area contributed by atoms with Crippen LogP contribution < -0.4 is 5.19 Å². The molecule has 1 aromatic heterocycles. The molecule has 0 aliphatic rings. The highest BCUT2D eigenvalue weighted by Gasteiger charge is 2.38. The van der Waals surface area contributed by atoms with Gasteiger partial charge in [0.2, 0.25) is 0 Å². The lowest BCUT2D eigenvalue weighted by Crippen LogP contribution is -2.61. The fraction of sp³-hybridized carbons (Fsp3) is 0.312. The third-order valence-electron chi connectivity index (χ3n) is 4.43. The molecular formula is C16H23NSi2. The van der Waals surface area contributed by atoms with Gasteiger partial charge in [0.1, 0.15) is 0 Å². The van der Waals surface area contributed by atoms with E-state index in [4.69, 9.17) is 0 Å². The van der Waals surface area contributed by atoms with Crippen molar-refractivity contribution in [2.24, 2.45) is 0 Å². The first-order chi connectivity index (χ1) is 8.82. The van der Waals surface area contributed by atoms with Gasteiger partial charge in [-0.3, -0.25) is 4.98 Å². The summed E-state index contributed by atoms with van der Waals surface area (Å²) in [5, 5.41) is 1.49. The Balaban J connectivity index is 2.35. The number of rotatable bonds is 3. The SMILES string of the molecule is C[Si](C)(C)[Si](C)(C)c1ccc(-c2ccccc2)nc1. The van der Waals surface area contributed by atoms with Crippen LogP contribution in [0.3, 0.4) is 0 Å². The quantitative estimate of drug-likeness (QED) is 0.774. The number of nitrogens with zero attached hydrogens (tertiary/aromatic N) is 1. The third kappa shape index (κ3) is 2.87. The highest BCUT2D eigenvalue weighted by Crippen LogP contribution is 2.20. The molecule has 1 heterocycles. The van der Waals surface area contributed by atoms with Crippen LogP contribution in [0.15, 0.2) is 48.7 Å². The maximum Gasteiger partial charge on any atom is 0.0756 e. The van der Waals surface area contributed by atoms with E-state index in [0.29, 0.717) is 0 Å². The van der Waals surface area contributed by atoms with Gasteiger partial charge in [0, 0.05) is 19.4 Å². The van der Waals surface area contributed by atoms with Crippen LogP contribution >= 0.6 is 0 Å². The summed E-state index contributed by atoms with van der Waals surface area (Å²) in [6, 6.07) is 14.9.